The van der Waals surface area contributed by atoms with E-state index in [0.717, 1.165) is 44.7 Å². The van der Waals surface area contributed by atoms with Crippen molar-refractivity contribution in [2.24, 2.45) is 0 Å². The van der Waals surface area contributed by atoms with Crippen molar-refractivity contribution < 1.29 is 4.42 Å². The molecule has 2 heterocycles. The third-order valence-corrected chi connectivity index (χ3v) is 11.3. The normalized spacial score (nSPS) is 12.2. The molecule has 0 saturated heterocycles. The first kappa shape index (κ1) is 30.7. The highest BCUT2D eigenvalue weighted by Crippen LogP contribution is 2.53. The number of fused-ring (bicyclic) bond motifs is 11. The number of rotatable bonds is 3. The molecule has 0 radical (unpaired) electrons. The summed E-state index contributed by atoms with van der Waals surface area (Å²) < 4.78 is 6.54. The van der Waals surface area contributed by atoms with Crippen molar-refractivity contribution in [3.63, 3.8) is 0 Å². The van der Waals surface area contributed by atoms with Crippen LogP contribution in [0.15, 0.2) is 180 Å². The van der Waals surface area contributed by atoms with Gasteiger partial charge in [-0.2, -0.15) is 0 Å². The molecule has 1 aromatic heterocycles. The third-order valence-electron chi connectivity index (χ3n) is 11.3. The van der Waals surface area contributed by atoms with Crippen LogP contribution in [0, 0.1) is 13.8 Å². The molecule has 54 heavy (non-hydrogen) atoms. The molecule has 2 heteroatoms. The van der Waals surface area contributed by atoms with Crippen LogP contribution in [0.25, 0.3) is 88.0 Å². The summed E-state index contributed by atoms with van der Waals surface area (Å²) in [4.78, 5) is 2.45. The van der Waals surface area contributed by atoms with E-state index >= 15 is 0 Å². The van der Waals surface area contributed by atoms with E-state index in [1.165, 1.54) is 71.4 Å². The van der Waals surface area contributed by atoms with Gasteiger partial charge in [-0.3, -0.25) is 0 Å². The molecule has 0 unspecified atom stereocenters. The average Bonchev–Trinajstić information content (AvgIpc) is 3.51. The quantitative estimate of drug-likeness (QED) is 0.184. The lowest BCUT2D eigenvalue weighted by Crippen LogP contribution is -2.11. The van der Waals surface area contributed by atoms with E-state index < -0.39 is 0 Å². The molecule has 254 valence electrons. The van der Waals surface area contributed by atoms with E-state index in [4.69, 9.17) is 4.42 Å². The van der Waals surface area contributed by atoms with Crippen LogP contribution < -0.4 is 4.90 Å². The van der Waals surface area contributed by atoms with Gasteiger partial charge in [-0.15, -0.1) is 0 Å². The molecule has 9 aromatic carbocycles. The number of benzene rings is 9. The van der Waals surface area contributed by atoms with Gasteiger partial charge in [0.1, 0.15) is 11.2 Å². The lowest BCUT2D eigenvalue weighted by Gasteiger charge is -2.28. The third kappa shape index (κ3) is 4.67. The summed E-state index contributed by atoms with van der Waals surface area (Å²) in [5, 5.41) is 7.32. The van der Waals surface area contributed by atoms with E-state index in [2.05, 4.69) is 195 Å². The predicted molar refractivity (Wildman–Crippen MR) is 228 cm³/mol. The fourth-order valence-corrected chi connectivity index (χ4v) is 8.81. The number of furan rings is 1. The molecule has 0 saturated carbocycles. The van der Waals surface area contributed by atoms with Gasteiger partial charge in [-0.05, 0) is 123 Å². The largest absolute Gasteiger partial charge is 0.455 e. The molecule has 0 N–H and O–H groups in total. The van der Waals surface area contributed by atoms with Crippen molar-refractivity contribution in [2.75, 3.05) is 4.90 Å². The van der Waals surface area contributed by atoms with Gasteiger partial charge in [0, 0.05) is 33.2 Å². The first-order valence-corrected chi connectivity index (χ1v) is 18.7. The molecular weight excluding hydrogens is 655 g/mol. The second-order valence-corrected chi connectivity index (χ2v) is 14.7. The molecule has 0 bridgehead atoms. The van der Waals surface area contributed by atoms with E-state index in [0.29, 0.717) is 0 Å². The van der Waals surface area contributed by atoms with Crippen molar-refractivity contribution >= 4 is 60.5 Å². The molecular formula is C52H35NO. The first-order valence-electron chi connectivity index (χ1n) is 18.7. The Balaban J connectivity index is 1.14. The molecule has 1 aliphatic rings. The van der Waals surface area contributed by atoms with Crippen LogP contribution >= 0.6 is 0 Å². The molecule has 2 nitrogen and oxygen atoms in total. The molecule has 0 spiro atoms. The summed E-state index contributed by atoms with van der Waals surface area (Å²) in [6, 6.07) is 64.6. The van der Waals surface area contributed by atoms with Gasteiger partial charge in [0.05, 0.1) is 11.4 Å². The van der Waals surface area contributed by atoms with Crippen LogP contribution in [0.1, 0.15) is 11.1 Å². The number of hydrogen-bond acceptors (Lipinski definition) is 2. The van der Waals surface area contributed by atoms with E-state index in [9.17, 15) is 0 Å². The van der Waals surface area contributed by atoms with Crippen LogP contribution in [-0.2, 0) is 0 Å². The maximum atomic E-state index is 6.54. The summed E-state index contributed by atoms with van der Waals surface area (Å²) in [7, 11) is 0. The van der Waals surface area contributed by atoms with Crippen molar-refractivity contribution in [1.82, 2.24) is 0 Å². The number of anilines is 3. The van der Waals surface area contributed by atoms with Gasteiger partial charge in [0.2, 0.25) is 0 Å². The Hall–Kier alpha value is -6.90. The monoisotopic (exact) mass is 689 g/mol. The molecule has 0 amide bonds. The summed E-state index contributed by atoms with van der Waals surface area (Å²) in [6.07, 6.45) is 0. The highest BCUT2D eigenvalue weighted by molar-refractivity contribution is 6.13. The summed E-state index contributed by atoms with van der Waals surface area (Å²) in [5.41, 5.74) is 17.3. The highest BCUT2D eigenvalue weighted by atomic mass is 16.3. The number of nitrogens with zero attached hydrogens (tertiary/aromatic N) is 1. The lowest BCUT2D eigenvalue weighted by molar-refractivity contribution is 0.670. The Bertz CT molecular complexity index is 3120. The number of para-hydroxylation sites is 1. The molecule has 0 atom stereocenters. The fraction of sp³-hybridized carbons (Fsp3) is 0.0385. The van der Waals surface area contributed by atoms with Crippen molar-refractivity contribution in [1.29, 1.82) is 0 Å². The minimum absolute atomic E-state index is 0.923. The Morgan fingerprint density at radius 3 is 1.94 bits per heavy atom. The number of hydrogen-bond donors (Lipinski definition) is 0. The minimum atomic E-state index is 0.923. The topological polar surface area (TPSA) is 16.4 Å². The SMILES string of the molecule is Cc1ccc2oc3c(-c4ccc(N5c6ccc(-c7cccc8ccccc78)cc6-c6ccc7ccccc7c6-c6ccccc65)cc4)cc(C)cc3c2c1. The zero-order valence-corrected chi connectivity index (χ0v) is 30.1. The second-order valence-electron chi connectivity index (χ2n) is 14.7. The van der Waals surface area contributed by atoms with Gasteiger partial charge in [-0.25, -0.2) is 0 Å². The van der Waals surface area contributed by atoms with Crippen LogP contribution in [0.4, 0.5) is 17.1 Å². The second kappa shape index (κ2) is 11.8. The average molecular weight is 690 g/mol. The first-order chi connectivity index (χ1) is 26.6. The number of aryl methyl sites for hydroxylation is 2. The van der Waals surface area contributed by atoms with Crippen LogP contribution in [0.2, 0.25) is 0 Å². The van der Waals surface area contributed by atoms with Gasteiger partial charge in [0.25, 0.3) is 0 Å². The van der Waals surface area contributed by atoms with E-state index in [-0.39, 0.29) is 0 Å². The molecule has 11 rings (SSSR count). The summed E-state index contributed by atoms with van der Waals surface area (Å²) in [6.45, 7) is 4.31. The fourth-order valence-electron chi connectivity index (χ4n) is 8.81. The van der Waals surface area contributed by atoms with Gasteiger partial charge in [-0.1, -0.05) is 127 Å². The smallest absolute Gasteiger partial charge is 0.143 e. The zero-order valence-electron chi connectivity index (χ0n) is 30.1. The van der Waals surface area contributed by atoms with Crippen molar-refractivity contribution in [3.05, 3.63) is 187 Å². The molecule has 0 fully saturated rings. The summed E-state index contributed by atoms with van der Waals surface area (Å²) >= 11 is 0. The Morgan fingerprint density at radius 2 is 1.07 bits per heavy atom. The predicted octanol–water partition coefficient (Wildman–Crippen LogP) is 15.0. The van der Waals surface area contributed by atoms with Crippen LogP contribution in [-0.4, -0.2) is 0 Å². The highest BCUT2D eigenvalue weighted by Gasteiger charge is 2.28. The Morgan fingerprint density at radius 1 is 0.389 bits per heavy atom. The standard InChI is InChI=1S/C52H35NO/c1-32-18-27-50-46(28-32)47-30-33(2)29-44(52(47)54-50)36-19-23-38(24-20-36)53-48-17-8-7-15-43(48)51-41-14-6-4-11-35(41)21-25-42(51)45-31-37(22-26-49(45)53)40-16-9-12-34-10-3-5-13-39(34)40/h3-31H,1-2H3. The van der Waals surface area contributed by atoms with E-state index in [1.54, 1.807) is 0 Å². The maximum Gasteiger partial charge on any atom is 0.143 e. The van der Waals surface area contributed by atoms with Gasteiger partial charge >= 0.3 is 0 Å². The maximum absolute atomic E-state index is 6.54. The van der Waals surface area contributed by atoms with Crippen LogP contribution in [0.5, 0.6) is 0 Å². The minimum Gasteiger partial charge on any atom is -0.455 e. The van der Waals surface area contributed by atoms with E-state index in [1.807, 2.05) is 0 Å². The van der Waals surface area contributed by atoms with Crippen molar-refractivity contribution in [3.8, 4) is 44.5 Å². The lowest BCUT2D eigenvalue weighted by atomic mass is 9.88. The molecule has 1 aliphatic heterocycles. The van der Waals surface area contributed by atoms with Crippen LogP contribution in [0.3, 0.4) is 0 Å². The Kier molecular flexibility index (Phi) is 6.72. The van der Waals surface area contributed by atoms with Gasteiger partial charge < -0.3 is 9.32 Å². The van der Waals surface area contributed by atoms with Crippen molar-refractivity contribution in [2.45, 2.75) is 13.8 Å². The molecule has 10 aromatic rings. The molecule has 0 aliphatic carbocycles. The van der Waals surface area contributed by atoms with Gasteiger partial charge in [0.15, 0.2) is 0 Å². The zero-order chi connectivity index (χ0) is 35.9. The summed E-state index contributed by atoms with van der Waals surface area (Å²) in [5.74, 6) is 0. The Labute approximate surface area is 314 Å².